The maximum absolute atomic E-state index is 12.3. The van der Waals surface area contributed by atoms with Crippen molar-refractivity contribution in [1.82, 2.24) is 20.4 Å². The molecule has 122 valence electrons. The number of nitrogens with one attached hydrogen (secondary N) is 2. The molecule has 3 rings (SSSR count). The first-order chi connectivity index (χ1) is 10.5. The predicted octanol–water partition coefficient (Wildman–Crippen LogP) is 0.617. The molecule has 1 atom stereocenters. The molecule has 1 aliphatic heterocycles. The van der Waals surface area contributed by atoms with Crippen LogP contribution in [0.15, 0.2) is 0 Å². The Kier molecular flexibility index (Phi) is 4.12. The molecule has 0 radical (unpaired) electrons. The SMILES string of the molecule is CCN(C(=O)NCc1n[nH]c2c1CCC2)C1CCS(=O)(=O)C1. The van der Waals surface area contributed by atoms with Crippen LogP contribution in [0, 0.1) is 0 Å². The third-order valence-electron chi connectivity index (χ3n) is 4.55. The van der Waals surface area contributed by atoms with Gasteiger partial charge in [0.25, 0.3) is 0 Å². The molecule has 0 bridgehead atoms. The lowest BCUT2D eigenvalue weighted by Gasteiger charge is -2.26. The van der Waals surface area contributed by atoms with Gasteiger partial charge in [-0.2, -0.15) is 5.10 Å². The number of carbonyl (C=O) groups is 1. The standard InChI is InChI=1S/C14H22N4O3S/c1-2-18(10-6-7-22(20,21)9-10)14(19)15-8-13-11-4-3-5-12(11)16-17-13/h10H,2-9H2,1H3,(H,15,19)(H,16,17). The lowest BCUT2D eigenvalue weighted by Crippen LogP contribution is -2.46. The fraction of sp³-hybridized carbons (Fsp3) is 0.714. The van der Waals surface area contributed by atoms with Gasteiger partial charge in [-0.25, -0.2) is 13.2 Å². The summed E-state index contributed by atoms with van der Waals surface area (Å²) in [5, 5.41) is 10.2. The van der Waals surface area contributed by atoms with Gasteiger partial charge in [0.05, 0.1) is 23.7 Å². The first-order valence-electron chi connectivity index (χ1n) is 7.80. The number of H-pyrrole nitrogens is 1. The number of fused-ring (bicyclic) bond motifs is 1. The van der Waals surface area contributed by atoms with Crippen LogP contribution in [0.2, 0.25) is 0 Å². The lowest BCUT2D eigenvalue weighted by molar-refractivity contribution is 0.183. The Morgan fingerprint density at radius 1 is 1.45 bits per heavy atom. The maximum atomic E-state index is 12.3. The van der Waals surface area contributed by atoms with Crippen molar-refractivity contribution in [3.05, 3.63) is 17.0 Å². The van der Waals surface area contributed by atoms with E-state index < -0.39 is 9.84 Å². The number of sulfone groups is 1. The highest BCUT2D eigenvalue weighted by molar-refractivity contribution is 7.91. The quantitative estimate of drug-likeness (QED) is 0.848. The van der Waals surface area contributed by atoms with Crippen LogP contribution in [0.4, 0.5) is 4.79 Å². The molecule has 2 heterocycles. The Morgan fingerprint density at radius 3 is 2.95 bits per heavy atom. The van der Waals surface area contributed by atoms with E-state index in [2.05, 4.69) is 15.5 Å². The second kappa shape index (κ2) is 5.91. The Balaban J connectivity index is 1.60. The first-order valence-corrected chi connectivity index (χ1v) is 9.62. The summed E-state index contributed by atoms with van der Waals surface area (Å²) in [6.45, 7) is 2.77. The number of urea groups is 1. The van der Waals surface area contributed by atoms with E-state index in [1.54, 1.807) is 4.90 Å². The minimum atomic E-state index is -2.99. The summed E-state index contributed by atoms with van der Waals surface area (Å²) in [6.07, 6.45) is 3.69. The van der Waals surface area contributed by atoms with E-state index in [0.29, 0.717) is 19.5 Å². The van der Waals surface area contributed by atoms with Gasteiger partial charge in [0.1, 0.15) is 0 Å². The van der Waals surface area contributed by atoms with E-state index in [1.807, 2.05) is 6.92 Å². The largest absolute Gasteiger partial charge is 0.332 e. The van der Waals surface area contributed by atoms with Gasteiger partial charge in [-0.05, 0) is 38.2 Å². The van der Waals surface area contributed by atoms with Gasteiger partial charge in [-0.1, -0.05) is 0 Å². The van der Waals surface area contributed by atoms with Crippen molar-refractivity contribution in [1.29, 1.82) is 0 Å². The van der Waals surface area contributed by atoms with Crippen molar-refractivity contribution < 1.29 is 13.2 Å². The second-order valence-electron chi connectivity index (χ2n) is 5.98. The number of hydrogen-bond donors (Lipinski definition) is 2. The van der Waals surface area contributed by atoms with Gasteiger partial charge in [0.2, 0.25) is 0 Å². The maximum Gasteiger partial charge on any atom is 0.317 e. The number of carbonyl (C=O) groups excluding carboxylic acids is 1. The van der Waals surface area contributed by atoms with Crippen molar-refractivity contribution in [2.24, 2.45) is 0 Å². The Hall–Kier alpha value is -1.57. The molecule has 1 aliphatic carbocycles. The van der Waals surface area contributed by atoms with Gasteiger partial charge < -0.3 is 10.2 Å². The van der Waals surface area contributed by atoms with Crippen molar-refractivity contribution in [2.75, 3.05) is 18.1 Å². The third kappa shape index (κ3) is 2.97. The summed E-state index contributed by atoms with van der Waals surface area (Å²) in [6, 6.07) is -0.417. The summed E-state index contributed by atoms with van der Waals surface area (Å²) < 4.78 is 23.2. The van der Waals surface area contributed by atoms with Gasteiger partial charge in [-0.15, -0.1) is 0 Å². The van der Waals surface area contributed by atoms with E-state index in [4.69, 9.17) is 0 Å². The van der Waals surface area contributed by atoms with Crippen LogP contribution in [-0.4, -0.2) is 53.6 Å². The minimum Gasteiger partial charge on any atom is -0.332 e. The lowest BCUT2D eigenvalue weighted by atomic mass is 10.2. The van der Waals surface area contributed by atoms with Crippen LogP contribution in [0.3, 0.4) is 0 Å². The molecule has 1 aromatic rings. The van der Waals surface area contributed by atoms with Gasteiger partial charge in [0, 0.05) is 18.3 Å². The summed E-state index contributed by atoms with van der Waals surface area (Å²) in [4.78, 5) is 14.0. The first kappa shape index (κ1) is 15.3. The van der Waals surface area contributed by atoms with E-state index in [0.717, 1.165) is 25.0 Å². The number of rotatable bonds is 4. The van der Waals surface area contributed by atoms with E-state index in [9.17, 15) is 13.2 Å². The molecule has 2 N–H and O–H groups in total. The van der Waals surface area contributed by atoms with Crippen molar-refractivity contribution in [3.8, 4) is 0 Å². The second-order valence-corrected chi connectivity index (χ2v) is 8.21. The number of hydrogen-bond acceptors (Lipinski definition) is 4. The molecule has 1 saturated heterocycles. The summed E-state index contributed by atoms with van der Waals surface area (Å²) in [7, 11) is -2.99. The minimum absolute atomic E-state index is 0.0755. The molecule has 22 heavy (non-hydrogen) atoms. The number of nitrogens with zero attached hydrogens (tertiary/aromatic N) is 2. The van der Waals surface area contributed by atoms with Crippen LogP contribution in [-0.2, 0) is 29.2 Å². The average molecular weight is 326 g/mol. The molecule has 8 heteroatoms. The Morgan fingerprint density at radius 2 is 2.27 bits per heavy atom. The van der Waals surface area contributed by atoms with Crippen molar-refractivity contribution in [2.45, 2.75) is 45.2 Å². The average Bonchev–Trinajstić information content (AvgIpc) is 3.13. The number of aryl methyl sites for hydroxylation is 1. The smallest absolute Gasteiger partial charge is 0.317 e. The molecule has 0 saturated carbocycles. The van der Waals surface area contributed by atoms with E-state index in [1.165, 1.54) is 11.3 Å². The Labute approximate surface area is 130 Å². The van der Waals surface area contributed by atoms with E-state index >= 15 is 0 Å². The zero-order chi connectivity index (χ0) is 15.7. The molecule has 1 aromatic heterocycles. The third-order valence-corrected chi connectivity index (χ3v) is 6.30. The summed E-state index contributed by atoms with van der Waals surface area (Å²) in [5.74, 6) is 0.250. The number of amides is 2. The zero-order valence-electron chi connectivity index (χ0n) is 12.8. The highest BCUT2D eigenvalue weighted by Crippen LogP contribution is 2.23. The highest BCUT2D eigenvalue weighted by Gasteiger charge is 2.34. The monoisotopic (exact) mass is 326 g/mol. The molecule has 7 nitrogen and oxygen atoms in total. The van der Waals surface area contributed by atoms with E-state index in [-0.39, 0.29) is 23.6 Å². The van der Waals surface area contributed by atoms with Crippen molar-refractivity contribution in [3.63, 3.8) is 0 Å². The Bertz CT molecular complexity index is 668. The molecule has 1 unspecified atom stereocenters. The van der Waals surface area contributed by atoms with Crippen LogP contribution < -0.4 is 5.32 Å². The summed E-state index contributed by atoms with van der Waals surface area (Å²) in [5.41, 5.74) is 3.31. The van der Waals surface area contributed by atoms with Gasteiger partial charge >= 0.3 is 6.03 Å². The van der Waals surface area contributed by atoms with Crippen LogP contribution in [0.5, 0.6) is 0 Å². The topological polar surface area (TPSA) is 95.2 Å². The molecular weight excluding hydrogens is 304 g/mol. The van der Waals surface area contributed by atoms with Gasteiger partial charge in [0.15, 0.2) is 9.84 Å². The predicted molar refractivity (Wildman–Crippen MR) is 82.3 cm³/mol. The molecule has 2 amide bonds. The number of aromatic amines is 1. The fourth-order valence-corrected chi connectivity index (χ4v) is 5.11. The molecular formula is C14H22N4O3S. The van der Waals surface area contributed by atoms with Gasteiger partial charge in [-0.3, -0.25) is 5.10 Å². The number of aromatic nitrogens is 2. The normalized spacial score (nSPS) is 22.5. The summed E-state index contributed by atoms with van der Waals surface area (Å²) >= 11 is 0. The van der Waals surface area contributed by atoms with Crippen molar-refractivity contribution >= 4 is 15.9 Å². The van der Waals surface area contributed by atoms with Crippen LogP contribution in [0.1, 0.15) is 36.7 Å². The van der Waals surface area contributed by atoms with Crippen LogP contribution in [0.25, 0.3) is 0 Å². The molecule has 2 aliphatic rings. The highest BCUT2D eigenvalue weighted by atomic mass is 32.2. The zero-order valence-corrected chi connectivity index (χ0v) is 13.6. The molecule has 0 aromatic carbocycles. The van der Waals surface area contributed by atoms with Crippen LogP contribution >= 0.6 is 0 Å². The molecule has 1 fully saturated rings. The molecule has 0 spiro atoms. The fourth-order valence-electron chi connectivity index (χ4n) is 3.38.